The molecule has 0 aromatic carbocycles. The molecule has 0 bridgehead atoms. The number of thiophene rings is 1. The number of carbonyl (C=O) groups is 2. The zero-order valence-corrected chi connectivity index (χ0v) is 13.1. The number of nitrogens with one attached hydrogen (secondary N) is 1. The van der Waals surface area contributed by atoms with Gasteiger partial charge in [-0.15, -0.1) is 11.3 Å². The van der Waals surface area contributed by atoms with Gasteiger partial charge >= 0.3 is 5.97 Å². The largest absolute Gasteiger partial charge is 0.465 e. The van der Waals surface area contributed by atoms with Gasteiger partial charge < -0.3 is 21.5 Å². The third-order valence-corrected chi connectivity index (χ3v) is 5.06. The van der Waals surface area contributed by atoms with Crippen molar-refractivity contribution >= 4 is 33.9 Å². The van der Waals surface area contributed by atoms with E-state index in [4.69, 9.17) is 16.2 Å². The molecular formula is C14H21N3O3S. The second kappa shape index (κ2) is 6.34. The molecule has 1 saturated carbocycles. The summed E-state index contributed by atoms with van der Waals surface area (Å²) in [5, 5.41) is 3.91. The highest BCUT2D eigenvalue weighted by molar-refractivity contribution is 7.19. The van der Waals surface area contributed by atoms with Crippen molar-refractivity contribution in [2.75, 3.05) is 18.2 Å². The van der Waals surface area contributed by atoms with Crippen molar-refractivity contribution in [3.63, 3.8) is 0 Å². The number of ether oxygens (including phenoxy) is 1. The van der Waals surface area contributed by atoms with E-state index >= 15 is 0 Å². The Kier molecular flexibility index (Phi) is 4.72. The van der Waals surface area contributed by atoms with Crippen molar-refractivity contribution in [1.82, 2.24) is 0 Å². The Labute approximate surface area is 127 Å². The van der Waals surface area contributed by atoms with Crippen molar-refractivity contribution in [3.05, 3.63) is 10.4 Å². The van der Waals surface area contributed by atoms with Gasteiger partial charge in [0.15, 0.2) is 0 Å². The summed E-state index contributed by atoms with van der Waals surface area (Å²) < 4.78 is 4.75. The number of primary amides is 1. The maximum atomic E-state index is 11.9. The molecule has 7 heteroatoms. The molecule has 5 N–H and O–H groups in total. The van der Waals surface area contributed by atoms with Crippen LogP contribution >= 0.6 is 11.3 Å². The molecule has 0 saturated heterocycles. The predicted octanol–water partition coefficient (Wildman–Crippen LogP) is 2.21. The van der Waals surface area contributed by atoms with Gasteiger partial charge in [0, 0.05) is 6.04 Å². The van der Waals surface area contributed by atoms with Crippen LogP contribution in [0.1, 0.15) is 52.6 Å². The molecule has 1 aliphatic carbocycles. The monoisotopic (exact) mass is 311 g/mol. The Morgan fingerprint density at radius 3 is 2.43 bits per heavy atom. The number of hydrogen-bond donors (Lipinski definition) is 3. The lowest BCUT2D eigenvalue weighted by Gasteiger charge is -2.27. The van der Waals surface area contributed by atoms with Gasteiger partial charge in [-0.2, -0.15) is 0 Å². The maximum Gasteiger partial charge on any atom is 0.343 e. The van der Waals surface area contributed by atoms with Crippen molar-refractivity contribution in [3.8, 4) is 0 Å². The summed E-state index contributed by atoms with van der Waals surface area (Å²) in [6.07, 6.45) is 4.36. The molecule has 1 heterocycles. The van der Waals surface area contributed by atoms with E-state index in [0.717, 1.165) is 42.9 Å². The SMILES string of the molecule is COC(=O)c1c(NC2CCC(C)CC2)sc(C(N)=O)c1N. The first-order valence-corrected chi connectivity index (χ1v) is 7.82. The first-order valence-electron chi connectivity index (χ1n) is 7.01. The lowest BCUT2D eigenvalue weighted by atomic mass is 9.87. The molecule has 116 valence electrons. The number of methoxy groups -OCH3 is 1. The lowest BCUT2D eigenvalue weighted by molar-refractivity contribution is 0.0603. The normalized spacial score (nSPS) is 21.8. The van der Waals surface area contributed by atoms with E-state index in [2.05, 4.69) is 12.2 Å². The van der Waals surface area contributed by atoms with Gasteiger partial charge in [-0.1, -0.05) is 6.92 Å². The van der Waals surface area contributed by atoms with Crippen LogP contribution in [0.25, 0.3) is 0 Å². The second-order valence-corrected chi connectivity index (χ2v) is 6.53. The summed E-state index contributed by atoms with van der Waals surface area (Å²) in [6.45, 7) is 2.24. The zero-order chi connectivity index (χ0) is 15.6. The number of anilines is 2. The van der Waals surface area contributed by atoms with Crippen LogP contribution in [0.15, 0.2) is 0 Å². The van der Waals surface area contributed by atoms with Crippen molar-refractivity contribution in [2.24, 2.45) is 11.7 Å². The van der Waals surface area contributed by atoms with Gasteiger partial charge in [-0.05, 0) is 31.6 Å². The lowest BCUT2D eigenvalue weighted by Crippen LogP contribution is -2.25. The summed E-state index contributed by atoms with van der Waals surface area (Å²) in [7, 11) is 1.29. The van der Waals surface area contributed by atoms with Crippen molar-refractivity contribution in [1.29, 1.82) is 0 Å². The first kappa shape index (κ1) is 15.6. The van der Waals surface area contributed by atoms with Crippen LogP contribution in [0.4, 0.5) is 10.7 Å². The highest BCUT2D eigenvalue weighted by Gasteiger charge is 2.27. The number of rotatable bonds is 4. The quantitative estimate of drug-likeness (QED) is 0.739. The second-order valence-electron chi connectivity index (χ2n) is 5.51. The van der Waals surface area contributed by atoms with Crippen LogP contribution in [0.2, 0.25) is 0 Å². The van der Waals surface area contributed by atoms with Crippen LogP contribution < -0.4 is 16.8 Å². The Hall–Kier alpha value is -1.76. The Balaban J connectivity index is 2.27. The molecule has 0 spiro atoms. The molecule has 0 aliphatic heterocycles. The number of esters is 1. The molecule has 0 atom stereocenters. The van der Waals surface area contributed by atoms with E-state index < -0.39 is 11.9 Å². The summed E-state index contributed by atoms with van der Waals surface area (Å²) in [4.78, 5) is 23.5. The number of hydrogen-bond acceptors (Lipinski definition) is 6. The minimum absolute atomic E-state index is 0.103. The van der Waals surface area contributed by atoms with E-state index in [0.29, 0.717) is 5.00 Å². The van der Waals surface area contributed by atoms with Crippen LogP contribution in [0.3, 0.4) is 0 Å². The minimum atomic E-state index is -0.632. The highest BCUT2D eigenvalue weighted by atomic mass is 32.1. The molecule has 6 nitrogen and oxygen atoms in total. The molecule has 1 aromatic rings. The van der Waals surface area contributed by atoms with Gasteiger partial charge in [0.05, 0.1) is 12.8 Å². The maximum absolute atomic E-state index is 11.9. The summed E-state index contributed by atoms with van der Waals surface area (Å²) >= 11 is 1.12. The smallest absolute Gasteiger partial charge is 0.343 e. The Morgan fingerprint density at radius 2 is 1.90 bits per heavy atom. The first-order chi connectivity index (χ1) is 9.93. The predicted molar refractivity (Wildman–Crippen MR) is 83.6 cm³/mol. The molecular weight excluding hydrogens is 290 g/mol. The average Bonchev–Trinajstić information content (AvgIpc) is 2.77. The number of nitrogens with two attached hydrogens (primary N) is 2. The van der Waals surface area contributed by atoms with Gasteiger partial charge in [-0.3, -0.25) is 4.79 Å². The van der Waals surface area contributed by atoms with Gasteiger partial charge in [0.2, 0.25) is 0 Å². The molecule has 1 aromatic heterocycles. The molecule has 1 amide bonds. The fraction of sp³-hybridized carbons (Fsp3) is 0.571. The van der Waals surface area contributed by atoms with Crippen LogP contribution in [-0.4, -0.2) is 25.0 Å². The number of amides is 1. The summed E-state index contributed by atoms with van der Waals surface area (Å²) in [5.41, 5.74) is 11.5. The Bertz CT molecular complexity index is 548. The van der Waals surface area contributed by atoms with Gasteiger partial charge in [-0.25, -0.2) is 4.79 Å². The van der Waals surface area contributed by atoms with E-state index in [-0.39, 0.29) is 22.2 Å². The van der Waals surface area contributed by atoms with Gasteiger partial charge in [0.1, 0.15) is 15.4 Å². The standard InChI is InChI=1S/C14H21N3O3S/c1-7-3-5-8(6-4-7)17-13-9(14(19)20-2)10(15)11(21-13)12(16)18/h7-8,17H,3-6,15H2,1-2H3,(H2,16,18). The number of carbonyl (C=O) groups excluding carboxylic acids is 2. The molecule has 0 unspecified atom stereocenters. The molecule has 1 aliphatic rings. The third-order valence-electron chi connectivity index (χ3n) is 3.91. The molecule has 0 radical (unpaired) electrons. The molecule has 1 fully saturated rings. The van der Waals surface area contributed by atoms with E-state index in [9.17, 15) is 9.59 Å². The highest BCUT2D eigenvalue weighted by Crippen LogP contribution is 2.38. The van der Waals surface area contributed by atoms with E-state index in [1.807, 2.05) is 0 Å². The number of nitrogen functional groups attached to an aromatic ring is 1. The Morgan fingerprint density at radius 1 is 1.29 bits per heavy atom. The summed E-state index contributed by atoms with van der Waals surface area (Å²) in [5.74, 6) is -0.450. The summed E-state index contributed by atoms with van der Waals surface area (Å²) in [6, 6.07) is 0.281. The van der Waals surface area contributed by atoms with Crippen LogP contribution in [0, 0.1) is 5.92 Å². The molecule has 2 rings (SSSR count). The van der Waals surface area contributed by atoms with Crippen molar-refractivity contribution in [2.45, 2.75) is 38.6 Å². The fourth-order valence-electron chi connectivity index (χ4n) is 2.62. The molecule has 21 heavy (non-hydrogen) atoms. The topological polar surface area (TPSA) is 107 Å². The van der Waals surface area contributed by atoms with Crippen LogP contribution in [-0.2, 0) is 4.74 Å². The van der Waals surface area contributed by atoms with Crippen molar-refractivity contribution < 1.29 is 14.3 Å². The van der Waals surface area contributed by atoms with Crippen LogP contribution in [0.5, 0.6) is 0 Å². The third kappa shape index (κ3) is 3.29. The average molecular weight is 311 g/mol. The van der Waals surface area contributed by atoms with E-state index in [1.54, 1.807) is 0 Å². The fourth-order valence-corrected chi connectivity index (χ4v) is 3.66. The van der Waals surface area contributed by atoms with E-state index in [1.165, 1.54) is 7.11 Å². The van der Waals surface area contributed by atoms with Gasteiger partial charge in [0.25, 0.3) is 5.91 Å². The minimum Gasteiger partial charge on any atom is -0.465 e. The zero-order valence-electron chi connectivity index (χ0n) is 12.3.